The number of halogens is 1. The zero-order valence-electron chi connectivity index (χ0n) is 14.5. The maximum atomic E-state index is 6.27. The van der Waals surface area contributed by atoms with E-state index in [1.807, 2.05) is 58.0 Å². The number of hydrogen-bond acceptors (Lipinski definition) is 4. The van der Waals surface area contributed by atoms with E-state index in [-0.39, 0.29) is 0 Å². The zero-order chi connectivity index (χ0) is 17.4. The second kappa shape index (κ2) is 6.39. The fourth-order valence-corrected chi connectivity index (χ4v) is 2.63. The maximum Gasteiger partial charge on any atom is 0.514 e. The number of hydrogen-bond donors (Lipinski definition) is 1. The molecule has 4 nitrogen and oxygen atoms in total. The van der Waals surface area contributed by atoms with Gasteiger partial charge in [-0.05, 0) is 45.4 Å². The molecule has 0 spiro atoms. The van der Waals surface area contributed by atoms with E-state index in [0.29, 0.717) is 23.0 Å². The van der Waals surface area contributed by atoms with Gasteiger partial charge in [0.15, 0.2) is 0 Å². The second-order valence-electron chi connectivity index (χ2n) is 6.99. The Hall–Kier alpha value is -1.56. The molecule has 1 aromatic carbocycles. The lowest BCUT2D eigenvalue weighted by Gasteiger charge is -2.32. The van der Waals surface area contributed by atoms with Crippen LogP contribution >= 0.6 is 11.6 Å². The highest BCUT2D eigenvalue weighted by atomic mass is 35.5. The topological polar surface area (TPSA) is 43.4 Å². The van der Waals surface area contributed by atoms with Crippen molar-refractivity contribution in [2.24, 2.45) is 0 Å². The normalized spacial score (nSPS) is 18.6. The van der Waals surface area contributed by atoms with E-state index >= 15 is 0 Å². The minimum absolute atomic E-state index is 0.392. The van der Waals surface area contributed by atoms with Gasteiger partial charge in [-0.25, -0.2) is 4.98 Å². The molecule has 0 unspecified atom stereocenters. The van der Waals surface area contributed by atoms with Crippen molar-refractivity contribution >= 4 is 30.1 Å². The molecule has 1 aromatic heterocycles. The van der Waals surface area contributed by atoms with Crippen LogP contribution < -0.4 is 10.9 Å². The number of anilines is 1. The van der Waals surface area contributed by atoms with E-state index in [2.05, 4.69) is 22.4 Å². The van der Waals surface area contributed by atoms with Crippen LogP contribution in [-0.4, -0.2) is 23.3 Å². The van der Waals surface area contributed by atoms with Crippen LogP contribution in [0.2, 0.25) is 5.02 Å². The summed E-state index contributed by atoms with van der Waals surface area (Å²) < 4.78 is 12.1. The van der Waals surface area contributed by atoms with E-state index in [9.17, 15) is 0 Å². The molecule has 1 aliphatic rings. The fourth-order valence-electron chi connectivity index (χ4n) is 2.46. The molecule has 0 radical (unpaired) electrons. The second-order valence-corrected chi connectivity index (χ2v) is 7.40. The van der Waals surface area contributed by atoms with Crippen LogP contribution in [0.1, 0.15) is 33.3 Å². The summed E-state index contributed by atoms with van der Waals surface area (Å²) in [4.78, 5) is 4.61. The Morgan fingerprint density at radius 1 is 1.00 bits per heavy atom. The van der Waals surface area contributed by atoms with Crippen molar-refractivity contribution in [2.45, 2.75) is 45.4 Å². The van der Waals surface area contributed by atoms with Crippen LogP contribution in [0.15, 0.2) is 42.5 Å². The van der Waals surface area contributed by atoms with Crippen LogP contribution in [0, 0.1) is 0 Å². The summed E-state index contributed by atoms with van der Waals surface area (Å²) in [5.74, 6) is 0.632. The molecule has 2 heterocycles. The molecule has 1 N–H and O–H groups in total. The van der Waals surface area contributed by atoms with Crippen molar-refractivity contribution in [1.29, 1.82) is 0 Å². The smallest absolute Gasteiger partial charge is 0.398 e. The zero-order valence-corrected chi connectivity index (χ0v) is 15.2. The fraction of sp³-hybridized carbons (Fsp3) is 0.389. The van der Waals surface area contributed by atoms with E-state index in [4.69, 9.17) is 20.9 Å². The van der Waals surface area contributed by atoms with Crippen LogP contribution in [0.25, 0.3) is 0 Å². The van der Waals surface area contributed by atoms with Crippen molar-refractivity contribution in [3.63, 3.8) is 0 Å². The van der Waals surface area contributed by atoms with Gasteiger partial charge in [0.2, 0.25) is 0 Å². The summed E-state index contributed by atoms with van der Waals surface area (Å²) in [6.45, 7) is 8.75. The molecule has 6 heteroatoms. The van der Waals surface area contributed by atoms with E-state index in [1.165, 1.54) is 0 Å². The van der Waals surface area contributed by atoms with Crippen molar-refractivity contribution in [3.8, 4) is 0 Å². The molecule has 2 aromatic rings. The average molecular weight is 345 g/mol. The first-order valence-electron chi connectivity index (χ1n) is 8.08. The number of nitrogens with zero attached hydrogens (tertiary/aromatic N) is 1. The molecule has 3 rings (SSSR count). The van der Waals surface area contributed by atoms with Crippen molar-refractivity contribution in [1.82, 2.24) is 4.98 Å². The number of rotatable bonds is 4. The molecule has 126 valence electrons. The Morgan fingerprint density at radius 2 is 1.62 bits per heavy atom. The third-order valence-corrected chi connectivity index (χ3v) is 4.97. The quantitative estimate of drug-likeness (QED) is 0.860. The summed E-state index contributed by atoms with van der Waals surface area (Å²) in [5, 5.41) is 3.86. The minimum Gasteiger partial charge on any atom is -0.398 e. The Bertz CT molecular complexity index is 706. The van der Waals surface area contributed by atoms with Gasteiger partial charge in [-0.1, -0.05) is 41.9 Å². The van der Waals surface area contributed by atoms with Gasteiger partial charge >= 0.3 is 7.12 Å². The van der Waals surface area contributed by atoms with E-state index < -0.39 is 18.3 Å². The number of pyridine rings is 1. The molecule has 0 saturated carbocycles. The standard InChI is InChI=1S/C18H22BClN2O2/c1-17(2)18(3,4)24-19(23-17)15-11-10-14(20)16(22-15)21-12-13-8-6-5-7-9-13/h5-11H,12H2,1-4H3,(H,21,22). The lowest BCUT2D eigenvalue weighted by atomic mass is 9.84. The largest absolute Gasteiger partial charge is 0.514 e. The first-order valence-corrected chi connectivity index (χ1v) is 8.46. The molecular weight excluding hydrogens is 322 g/mol. The Kier molecular flexibility index (Phi) is 4.60. The number of benzene rings is 1. The minimum atomic E-state index is -0.496. The van der Waals surface area contributed by atoms with Gasteiger partial charge in [0, 0.05) is 6.54 Å². The van der Waals surface area contributed by atoms with E-state index in [1.54, 1.807) is 0 Å². The van der Waals surface area contributed by atoms with Gasteiger partial charge < -0.3 is 14.6 Å². The van der Waals surface area contributed by atoms with Crippen molar-refractivity contribution in [2.75, 3.05) is 5.32 Å². The third kappa shape index (κ3) is 3.43. The summed E-state index contributed by atoms with van der Waals surface area (Å²) >= 11 is 6.27. The van der Waals surface area contributed by atoms with Gasteiger partial charge in [0.1, 0.15) is 5.82 Å². The SMILES string of the molecule is CC1(C)OB(c2ccc(Cl)c(NCc3ccccc3)n2)OC1(C)C. The summed E-state index contributed by atoms with van der Waals surface area (Å²) in [6, 6.07) is 13.8. The first-order chi connectivity index (χ1) is 11.3. The number of nitrogens with one attached hydrogen (secondary N) is 1. The Morgan fingerprint density at radius 3 is 2.25 bits per heavy atom. The average Bonchev–Trinajstić information content (AvgIpc) is 2.75. The summed E-state index contributed by atoms with van der Waals surface area (Å²) in [5.41, 5.74) is 1.10. The van der Waals surface area contributed by atoms with Gasteiger partial charge in [-0.15, -0.1) is 0 Å². The summed E-state index contributed by atoms with van der Waals surface area (Å²) in [6.07, 6.45) is 0. The third-order valence-electron chi connectivity index (χ3n) is 4.67. The predicted octanol–water partition coefficient (Wildman–Crippen LogP) is 3.65. The summed E-state index contributed by atoms with van der Waals surface area (Å²) in [7, 11) is -0.496. The highest BCUT2D eigenvalue weighted by Gasteiger charge is 2.52. The Labute approximate surface area is 148 Å². The van der Waals surface area contributed by atoms with Gasteiger partial charge in [-0.2, -0.15) is 0 Å². The highest BCUT2D eigenvalue weighted by molar-refractivity contribution is 6.61. The maximum absolute atomic E-state index is 6.27. The molecule has 0 atom stereocenters. The molecule has 0 aliphatic carbocycles. The van der Waals surface area contributed by atoms with Gasteiger partial charge in [0.25, 0.3) is 0 Å². The Balaban J connectivity index is 1.77. The molecular formula is C18H22BClN2O2. The molecule has 0 amide bonds. The van der Waals surface area contributed by atoms with Crippen LogP contribution in [0.3, 0.4) is 0 Å². The lowest BCUT2D eigenvalue weighted by molar-refractivity contribution is 0.00578. The van der Waals surface area contributed by atoms with Crippen molar-refractivity contribution in [3.05, 3.63) is 53.1 Å². The van der Waals surface area contributed by atoms with Crippen LogP contribution in [0.5, 0.6) is 0 Å². The molecule has 1 saturated heterocycles. The molecule has 1 fully saturated rings. The van der Waals surface area contributed by atoms with Crippen molar-refractivity contribution < 1.29 is 9.31 Å². The molecule has 24 heavy (non-hydrogen) atoms. The monoisotopic (exact) mass is 344 g/mol. The van der Waals surface area contributed by atoms with Gasteiger partial charge in [-0.3, -0.25) is 0 Å². The van der Waals surface area contributed by atoms with E-state index in [0.717, 1.165) is 5.56 Å². The molecule has 0 bridgehead atoms. The lowest BCUT2D eigenvalue weighted by Crippen LogP contribution is -2.41. The molecule has 1 aliphatic heterocycles. The highest BCUT2D eigenvalue weighted by Crippen LogP contribution is 2.36. The van der Waals surface area contributed by atoms with Gasteiger partial charge in [0.05, 0.1) is 21.8 Å². The first kappa shape index (κ1) is 17.3. The predicted molar refractivity (Wildman–Crippen MR) is 98.7 cm³/mol. The number of aromatic nitrogens is 1. The van der Waals surface area contributed by atoms with Crippen LogP contribution in [0.4, 0.5) is 5.82 Å². The van der Waals surface area contributed by atoms with Crippen LogP contribution in [-0.2, 0) is 15.9 Å².